The average Bonchev–Trinajstić information content (AvgIpc) is 3.20. The number of hydrogen-bond donors (Lipinski definition) is 1. The van der Waals surface area contributed by atoms with Gasteiger partial charge in [0.25, 0.3) is 0 Å². The van der Waals surface area contributed by atoms with Crippen LogP contribution in [0.4, 0.5) is 5.95 Å². The molecular formula is C19H31IN8O. The van der Waals surface area contributed by atoms with Gasteiger partial charge < -0.3 is 19.6 Å². The predicted molar refractivity (Wildman–Crippen MR) is 124 cm³/mol. The summed E-state index contributed by atoms with van der Waals surface area (Å²) in [6.45, 7) is 11.3. The van der Waals surface area contributed by atoms with E-state index in [0.29, 0.717) is 5.89 Å². The smallest absolute Gasteiger partial charge is 0.226 e. The molecule has 0 saturated carbocycles. The van der Waals surface area contributed by atoms with E-state index in [1.807, 2.05) is 6.07 Å². The standard InChI is InChI=1S/C19H30N8O.HI/c1-4-20-18(21-8-5-7-16-24-17(15(2)3)25-28-16)26-11-13-27(14-12-26)19-22-9-6-10-23-19;/h6,9-10,15H,4-5,7-8,11-14H2,1-3H3,(H,20,21);1H. The summed E-state index contributed by atoms with van der Waals surface area (Å²) < 4.78 is 5.30. The van der Waals surface area contributed by atoms with Crippen molar-refractivity contribution in [3.05, 3.63) is 30.2 Å². The van der Waals surface area contributed by atoms with E-state index in [1.165, 1.54) is 0 Å². The second kappa shape index (κ2) is 11.9. The van der Waals surface area contributed by atoms with E-state index in [1.54, 1.807) is 12.4 Å². The molecule has 1 aliphatic rings. The van der Waals surface area contributed by atoms with Crippen LogP contribution in [0.25, 0.3) is 0 Å². The molecule has 9 nitrogen and oxygen atoms in total. The summed E-state index contributed by atoms with van der Waals surface area (Å²) >= 11 is 0. The van der Waals surface area contributed by atoms with Gasteiger partial charge >= 0.3 is 0 Å². The molecule has 3 rings (SSSR count). The van der Waals surface area contributed by atoms with Crippen molar-refractivity contribution < 1.29 is 4.52 Å². The van der Waals surface area contributed by atoms with E-state index in [4.69, 9.17) is 9.52 Å². The molecule has 0 spiro atoms. The number of nitrogens with zero attached hydrogens (tertiary/aromatic N) is 7. The largest absolute Gasteiger partial charge is 0.357 e. The minimum Gasteiger partial charge on any atom is -0.357 e. The average molecular weight is 514 g/mol. The van der Waals surface area contributed by atoms with Gasteiger partial charge in [0.05, 0.1) is 0 Å². The molecule has 2 aromatic rings. The van der Waals surface area contributed by atoms with Gasteiger partial charge in [-0.15, -0.1) is 24.0 Å². The van der Waals surface area contributed by atoms with Crippen LogP contribution in [-0.2, 0) is 6.42 Å². The van der Waals surface area contributed by atoms with E-state index in [2.05, 4.69) is 56.0 Å². The maximum atomic E-state index is 5.30. The molecule has 0 atom stereocenters. The minimum atomic E-state index is 0. The molecule has 29 heavy (non-hydrogen) atoms. The van der Waals surface area contributed by atoms with Crippen LogP contribution in [0, 0.1) is 0 Å². The number of aryl methyl sites for hydroxylation is 1. The van der Waals surface area contributed by atoms with Gasteiger partial charge in [-0.2, -0.15) is 4.98 Å². The maximum Gasteiger partial charge on any atom is 0.226 e. The lowest BCUT2D eigenvalue weighted by atomic mass is 10.2. The Kier molecular flexibility index (Phi) is 9.55. The molecule has 0 unspecified atom stereocenters. The zero-order valence-corrected chi connectivity index (χ0v) is 19.7. The third-order valence-corrected chi connectivity index (χ3v) is 4.56. The van der Waals surface area contributed by atoms with Gasteiger partial charge in [-0.3, -0.25) is 4.99 Å². The number of aliphatic imine (C=N–C) groups is 1. The second-order valence-corrected chi connectivity index (χ2v) is 7.06. The summed E-state index contributed by atoms with van der Waals surface area (Å²) in [6.07, 6.45) is 5.20. The van der Waals surface area contributed by atoms with E-state index < -0.39 is 0 Å². The zero-order valence-electron chi connectivity index (χ0n) is 17.4. The molecule has 0 aromatic carbocycles. The SMILES string of the molecule is CCNC(=NCCCc1nc(C(C)C)no1)N1CCN(c2ncccn2)CC1.I. The second-order valence-electron chi connectivity index (χ2n) is 7.06. The number of piperazine rings is 1. The lowest BCUT2D eigenvalue weighted by Crippen LogP contribution is -2.53. The first-order valence-electron chi connectivity index (χ1n) is 10.0. The van der Waals surface area contributed by atoms with Crippen molar-refractivity contribution in [3.8, 4) is 0 Å². The topological polar surface area (TPSA) is 95.6 Å². The summed E-state index contributed by atoms with van der Waals surface area (Å²) in [5.74, 6) is 3.51. The summed E-state index contributed by atoms with van der Waals surface area (Å²) in [5.41, 5.74) is 0. The fourth-order valence-corrected chi connectivity index (χ4v) is 3.02. The monoisotopic (exact) mass is 514 g/mol. The summed E-state index contributed by atoms with van der Waals surface area (Å²) in [4.78, 5) is 22.4. The van der Waals surface area contributed by atoms with Gasteiger partial charge in [-0.25, -0.2) is 9.97 Å². The van der Waals surface area contributed by atoms with Crippen molar-refractivity contribution in [1.29, 1.82) is 0 Å². The summed E-state index contributed by atoms with van der Waals surface area (Å²) in [5, 5.41) is 7.41. The highest BCUT2D eigenvalue weighted by Gasteiger charge is 2.21. The van der Waals surface area contributed by atoms with E-state index in [0.717, 1.165) is 69.8 Å². The number of nitrogens with one attached hydrogen (secondary N) is 1. The fraction of sp³-hybridized carbons (Fsp3) is 0.632. The Morgan fingerprint density at radius 2 is 1.93 bits per heavy atom. The van der Waals surface area contributed by atoms with Gasteiger partial charge in [0.1, 0.15) is 0 Å². The zero-order chi connectivity index (χ0) is 19.8. The normalized spacial score (nSPS) is 14.8. The molecule has 160 valence electrons. The van der Waals surface area contributed by atoms with Gasteiger partial charge in [0, 0.05) is 64.0 Å². The third-order valence-electron chi connectivity index (χ3n) is 4.56. The number of aromatic nitrogens is 4. The van der Waals surface area contributed by atoms with Crippen molar-refractivity contribution in [3.63, 3.8) is 0 Å². The highest BCUT2D eigenvalue weighted by Crippen LogP contribution is 2.11. The van der Waals surface area contributed by atoms with Crippen LogP contribution in [0.5, 0.6) is 0 Å². The first-order valence-corrected chi connectivity index (χ1v) is 10.0. The lowest BCUT2D eigenvalue weighted by Gasteiger charge is -2.36. The molecule has 0 amide bonds. The molecule has 3 heterocycles. The number of halogens is 1. The Labute approximate surface area is 189 Å². The first-order chi connectivity index (χ1) is 13.7. The molecule has 0 bridgehead atoms. The highest BCUT2D eigenvalue weighted by molar-refractivity contribution is 14.0. The molecular weight excluding hydrogens is 483 g/mol. The fourth-order valence-electron chi connectivity index (χ4n) is 3.02. The van der Waals surface area contributed by atoms with Crippen LogP contribution in [0.15, 0.2) is 28.0 Å². The molecule has 2 aromatic heterocycles. The predicted octanol–water partition coefficient (Wildman–Crippen LogP) is 2.32. The van der Waals surface area contributed by atoms with Gasteiger partial charge in [0.15, 0.2) is 11.8 Å². The number of anilines is 1. The Balaban J connectivity index is 0.00000300. The molecule has 1 N–H and O–H groups in total. The highest BCUT2D eigenvalue weighted by atomic mass is 127. The molecule has 10 heteroatoms. The molecule has 0 aliphatic carbocycles. The van der Waals surface area contributed by atoms with Crippen molar-refractivity contribution in [2.45, 2.75) is 39.5 Å². The number of hydrogen-bond acceptors (Lipinski definition) is 7. The maximum absolute atomic E-state index is 5.30. The summed E-state index contributed by atoms with van der Waals surface area (Å²) in [7, 11) is 0. The van der Waals surface area contributed by atoms with Crippen molar-refractivity contribution >= 4 is 35.9 Å². The van der Waals surface area contributed by atoms with Crippen LogP contribution in [-0.4, -0.2) is 70.2 Å². The Bertz CT molecular complexity index is 744. The minimum absolute atomic E-state index is 0. The van der Waals surface area contributed by atoms with E-state index in [-0.39, 0.29) is 29.9 Å². The third kappa shape index (κ3) is 6.79. The van der Waals surface area contributed by atoms with E-state index in [9.17, 15) is 0 Å². The van der Waals surface area contributed by atoms with Gasteiger partial charge in [-0.05, 0) is 19.4 Å². The molecule has 1 aliphatic heterocycles. The number of rotatable bonds is 7. The Morgan fingerprint density at radius 1 is 1.21 bits per heavy atom. The van der Waals surface area contributed by atoms with Crippen molar-refractivity contribution in [1.82, 2.24) is 30.3 Å². The van der Waals surface area contributed by atoms with Crippen LogP contribution in [0.1, 0.15) is 44.8 Å². The first kappa shape index (κ1) is 23.3. The van der Waals surface area contributed by atoms with Gasteiger partial charge in [0.2, 0.25) is 11.8 Å². The van der Waals surface area contributed by atoms with Crippen LogP contribution in [0.2, 0.25) is 0 Å². The van der Waals surface area contributed by atoms with Crippen LogP contribution >= 0.6 is 24.0 Å². The van der Waals surface area contributed by atoms with Crippen LogP contribution in [0.3, 0.4) is 0 Å². The van der Waals surface area contributed by atoms with Crippen molar-refractivity contribution in [2.24, 2.45) is 4.99 Å². The van der Waals surface area contributed by atoms with E-state index >= 15 is 0 Å². The quantitative estimate of drug-likeness (QED) is 0.261. The van der Waals surface area contributed by atoms with Crippen molar-refractivity contribution in [2.75, 3.05) is 44.2 Å². The number of guanidine groups is 1. The summed E-state index contributed by atoms with van der Waals surface area (Å²) in [6, 6.07) is 1.84. The molecule has 1 saturated heterocycles. The van der Waals surface area contributed by atoms with Gasteiger partial charge in [-0.1, -0.05) is 19.0 Å². The Hall–Kier alpha value is -1.98. The Morgan fingerprint density at radius 3 is 2.55 bits per heavy atom. The molecule has 1 fully saturated rings. The molecule has 0 radical (unpaired) electrons. The van der Waals surface area contributed by atoms with Crippen LogP contribution < -0.4 is 10.2 Å². The lowest BCUT2D eigenvalue weighted by molar-refractivity contribution is 0.365.